The molecule has 2 heterocycles. The number of carbonyl (C=O) groups is 2. The summed E-state index contributed by atoms with van der Waals surface area (Å²) in [7, 11) is 0. The highest BCUT2D eigenvalue weighted by molar-refractivity contribution is 7.09. The molecule has 0 fully saturated rings. The highest BCUT2D eigenvalue weighted by atomic mass is 32.1. The molecule has 2 aromatic heterocycles. The molecule has 1 amide bonds. The zero-order valence-electron chi connectivity index (χ0n) is 15.7. The molecule has 0 aliphatic heterocycles. The SMILES string of the molecule is O=C(NCc1nc(-c2ccncc2)cs1)c1ccccc1C(=O)c1ccc(F)cc1. The molecule has 1 N–H and O–H groups in total. The summed E-state index contributed by atoms with van der Waals surface area (Å²) in [6.07, 6.45) is 3.40. The van der Waals surface area contributed by atoms with Gasteiger partial charge in [0.2, 0.25) is 0 Å². The smallest absolute Gasteiger partial charge is 0.252 e. The second-order valence-electron chi connectivity index (χ2n) is 6.43. The van der Waals surface area contributed by atoms with Crippen molar-refractivity contribution in [1.29, 1.82) is 0 Å². The lowest BCUT2D eigenvalue weighted by Crippen LogP contribution is -2.25. The molecule has 5 nitrogen and oxygen atoms in total. The van der Waals surface area contributed by atoms with Gasteiger partial charge in [0, 0.05) is 34.5 Å². The molecule has 0 saturated carbocycles. The molecule has 0 bridgehead atoms. The molecule has 0 aliphatic rings. The maximum absolute atomic E-state index is 13.1. The normalized spacial score (nSPS) is 10.6. The van der Waals surface area contributed by atoms with E-state index in [1.54, 1.807) is 36.7 Å². The van der Waals surface area contributed by atoms with Crippen LogP contribution in [0.25, 0.3) is 11.3 Å². The van der Waals surface area contributed by atoms with Gasteiger partial charge in [0.05, 0.1) is 17.8 Å². The molecule has 2 aromatic carbocycles. The molecule has 0 unspecified atom stereocenters. The average molecular weight is 417 g/mol. The van der Waals surface area contributed by atoms with Gasteiger partial charge in [0.25, 0.3) is 5.91 Å². The van der Waals surface area contributed by atoms with Crippen molar-refractivity contribution in [2.45, 2.75) is 6.54 Å². The Kier molecular flexibility index (Phi) is 5.72. The van der Waals surface area contributed by atoms with Crippen LogP contribution in [0.3, 0.4) is 0 Å². The molecular weight excluding hydrogens is 401 g/mol. The fraction of sp³-hybridized carbons (Fsp3) is 0.0435. The number of nitrogens with one attached hydrogen (secondary N) is 1. The Morgan fingerprint density at radius 3 is 2.37 bits per heavy atom. The maximum Gasteiger partial charge on any atom is 0.252 e. The number of carbonyl (C=O) groups excluding carboxylic acids is 2. The van der Waals surface area contributed by atoms with Crippen LogP contribution < -0.4 is 5.32 Å². The van der Waals surface area contributed by atoms with E-state index in [-0.39, 0.29) is 29.4 Å². The largest absolute Gasteiger partial charge is 0.346 e. The van der Waals surface area contributed by atoms with Gasteiger partial charge < -0.3 is 5.32 Å². The van der Waals surface area contributed by atoms with Gasteiger partial charge in [-0.1, -0.05) is 18.2 Å². The summed E-state index contributed by atoms with van der Waals surface area (Å²) >= 11 is 1.44. The van der Waals surface area contributed by atoms with Crippen LogP contribution in [0.5, 0.6) is 0 Å². The maximum atomic E-state index is 13.1. The Hall–Kier alpha value is -3.71. The first-order valence-corrected chi connectivity index (χ1v) is 10.0. The van der Waals surface area contributed by atoms with Crippen LogP contribution in [0, 0.1) is 5.82 Å². The molecule has 4 aromatic rings. The van der Waals surface area contributed by atoms with E-state index >= 15 is 0 Å². The molecule has 4 rings (SSSR count). The Morgan fingerprint density at radius 1 is 0.933 bits per heavy atom. The lowest BCUT2D eigenvalue weighted by Gasteiger charge is -2.09. The zero-order chi connectivity index (χ0) is 20.9. The third-order valence-electron chi connectivity index (χ3n) is 4.45. The van der Waals surface area contributed by atoms with Crippen molar-refractivity contribution >= 4 is 23.0 Å². The minimum Gasteiger partial charge on any atom is -0.346 e. The first kappa shape index (κ1) is 19.6. The minimum atomic E-state index is -0.424. The molecular formula is C23H16FN3O2S. The van der Waals surface area contributed by atoms with Gasteiger partial charge in [-0.15, -0.1) is 11.3 Å². The lowest BCUT2D eigenvalue weighted by molar-refractivity contribution is 0.0939. The van der Waals surface area contributed by atoms with Crippen LogP contribution in [-0.2, 0) is 6.54 Å². The van der Waals surface area contributed by atoms with Crippen molar-refractivity contribution < 1.29 is 14.0 Å². The van der Waals surface area contributed by atoms with Crippen LogP contribution in [0.15, 0.2) is 78.4 Å². The van der Waals surface area contributed by atoms with Crippen LogP contribution in [0.1, 0.15) is 31.3 Å². The topological polar surface area (TPSA) is 72.0 Å². The molecule has 0 atom stereocenters. The first-order valence-electron chi connectivity index (χ1n) is 9.14. The number of amides is 1. The number of nitrogens with zero attached hydrogens (tertiary/aromatic N) is 2. The number of halogens is 1. The van der Waals surface area contributed by atoms with Crippen molar-refractivity contribution in [3.63, 3.8) is 0 Å². The number of rotatable bonds is 6. The number of aromatic nitrogens is 2. The van der Waals surface area contributed by atoms with Crippen LogP contribution in [-0.4, -0.2) is 21.7 Å². The second-order valence-corrected chi connectivity index (χ2v) is 7.37. The quantitative estimate of drug-likeness (QED) is 0.469. The highest BCUT2D eigenvalue weighted by Gasteiger charge is 2.18. The summed E-state index contributed by atoms with van der Waals surface area (Å²) in [6, 6.07) is 15.6. The van der Waals surface area contributed by atoms with E-state index < -0.39 is 5.82 Å². The first-order chi connectivity index (χ1) is 14.6. The molecule has 0 spiro atoms. The summed E-state index contributed by atoms with van der Waals surface area (Å²) in [5.41, 5.74) is 2.61. The number of ketones is 1. The third-order valence-corrected chi connectivity index (χ3v) is 5.30. The van der Waals surface area contributed by atoms with Crippen molar-refractivity contribution in [3.8, 4) is 11.3 Å². The van der Waals surface area contributed by atoms with Gasteiger partial charge in [-0.05, 0) is 42.5 Å². The fourth-order valence-corrected chi connectivity index (χ4v) is 3.68. The molecule has 0 aliphatic carbocycles. The Bertz CT molecular complexity index is 1190. The third kappa shape index (κ3) is 4.31. The number of hydrogen-bond acceptors (Lipinski definition) is 5. The monoisotopic (exact) mass is 417 g/mol. The number of thiazole rings is 1. The van der Waals surface area contributed by atoms with Crippen molar-refractivity contribution in [2.24, 2.45) is 0 Å². The average Bonchev–Trinajstić information content (AvgIpc) is 3.27. The number of benzene rings is 2. The molecule has 7 heteroatoms. The summed E-state index contributed by atoms with van der Waals surface area (Å²) in [6.45, 7) is 0.244. The van der Waals surface area contributed by atoms with E-state index in [2.05, 4.69) is 15.3 Å². The van der Waals surface area contributed by atoms with Gasteiger partial charge in [-0.2, -0.15) is 0 Å². The Labute approximate surface area is 176 Å². The van der Waals surface area contributed by atoms with Gasteiger partial charge in [-0.25, -0.2) is 9.37 Å². The highest BCUT2D eigenvalue weighted by Crippen LogP contribution is 2.21. The van der Waals surface area contributed by atoms with Crippen molar-refractivity contribution in [2.75, 3.05) is 0 Å². The molecule has 0 radical (unpaired) electrons. The van der Waals surface area contributed by atoms with E-state index in [1.807, 2.05) is 17.5 Å². The van der Waals surface area contributed by atoms with Gasteiger partial charge in [-0.3, -0.25) is 14.6 Å². The number of hydrogen-bond donors (Lipinski definition) is 1. The standard InChI is InChI=1S/C23H16FN3O2S/c24-17-7-5-16(6-8-17)22(28)18-3-1-2-4-19(18)23(29)26-13-21-27-20(14-30-21)15-9-11-25-12-10-15/h1-12,14H,13H2,(H,26,29). The minimum absolute atomic E-state index is 0.244. The summed E-state index contributed by atoms with van der Waals surface area (Å²) in [5.74, 6) is -1.14. The van der Waals surface area contributed by atoms with Gasteiger partial charge in [0.1, 0.15) is 10.8 Å². The predicted molar refractivity (Wildman–Crippen MR) is 113 cm³/mol. The Morgan fingerprint density at radius 2 is 1.63 bits per heavy atom. The van der Waals surface area contributed by atoms with E-state index in [0.29, 0.717) is 5.56 Å². The molecule has 0 saturated heterocycles. The van der Waals surface area contributed by atoms with Crippen LogP contribution in [0.2, 0.25) is 0 Å². The van der Waals surface area contributed by atoms with Crippen molar-refractivity contribution in [3.05, 3.63) is 106 Å². The summed E-state index contributed by atoms with van der Waals surface area (Å²) in [4.78, 5) is 34.1. The van der Waals surface area contributed by atoms with Crippen molar-refractivity contribution in [1.82, 2.24) is 15.3 Å². The van der Waals surface area contributed by atoms with E-state index in [9.17, 15) is 14.0 Å². The summed E-state index contributed by atoms with van der Waals surface area (Å²) < 4.78 is 13.1. The fourth-order valence-electron chi connectivity index (χ4n) is 2.93. The second kappa shape index (κ2) is 8.75. The van der Waals surface area contributed by atoms with Gasteiger partial charge in [0.15, 0.2) is 5.78 Å². The predicted octanol–water partition coefficient (Wildman–Crippen LogP) is 4.51. The zero-order valence-corrected chi connectivity index (χ0v) is 16.5. The van der Waals surface area contributed by atoms with Crippen LogP contribution >= 0.6 is 11.3 Å². The Balaban J connectivity index is 1.49. The van der Waals surface area contributed by atoms with E-state index in [1.165, 1.54) is 35.6 Å². The lowest BCUT2D eigenvalue weighted by atomic mass is 9.98. The molecule has 148 valence electrons. The summed E-state index contributed by atoms with van der Waals surface area (Å²) in [5, 5.41) is 5.49. The van der Waals surface area contributed by atoms with Crippen LogP contribution in [0.4, 0.5) is 4.39 Å². The van der Waals surface area contributed by atoms with Gasteiger partial charge >= 0.3 is 0 Å². The van der Waals surface area contributed by atoms with E-state index in [0.717, 1.165) is 16.3 Å². The molecule has 30 heavy (non-hydrogen) atoms. The number of pyridine rings is 1. The van der Waals surface area contributed by atoms with E-state index in [4.69, 9.17) is 0 Å².